The van der Waals surface area contributed by atoms with Gasteiger partial charge in [-0.15, -0.1) is 0 Å². The molecule has 33 heavy (non-hydrogen) atoms. The number of aryl methyl sites for hydroxylation is 1. The van der Waals surface area contributed by atoms with Gasteiger partial charge in [0.15, 0.2) is 5.16 Å². The van der Waals surface area contributed by atoms with Gasteiger partial charge in [0.05, 0.1) is 34.5 Å². The van der Waals surface area contributed by atoms with Crippen LogP contribution in [0.25, 0.3) is 22.1 Å². The molecule has 5 heterocycles. The molecule has 0 unspecified atom stereocenters. The number of fused-ring (bicyclic) bond motifs is 2. The monoisotopic (exact) mass is 483 g/mol. The van der Waals surface area contributed by atoms with Crippen molar-refractivity contribution in [3.63, 3.8) is 0 Å². The highest BCUT2D eigenvalue weighted by Gasteiger charge is 2.38. The molecule has 5 rings (SSSR count). The van der Waals surface area contributed by atoms with Crippen LogP contribution >= 0.6 is 23.4 Å². The third kappa shape index (κ3) is 3.98. The first-order valence-corrected chi connectivity index (χ1v) is 11.7. The molecule has 0 bridgehead atoms. The molecule has 1 fully saturated rings. The predicted molar refractivity (Wildman–Crippen MR) is 128 cm³/mol. The molecule has 0 aromatic carbocycles. The number of pyridine rings is 2. The largest absolute Gasteiger partial charge is 0.469 e. The molecule has 170 valence electrons. The van der Waals surface area contributed by atoms with Gasteiger partial charge in [0.25, 0.3) is 0 Å². The summed E-state index contributed by atoms with van der Waals surface area (Å²) in [6, 6.07) is 5.36. The van der Waals surface area contributed by atoms with Gasteiger partial charge < -0.3 is 20.4 Å². The van der Waals surface area contributed by atoms with E-state index >= 15 is 0 Å². The molecule has 11 heteroatoms. The number of nitrogens with two attached hydrogens (primary N) is 1. The lowest BCUT2D eigenvalue weighted by atomic mass is 10.1. The van der Waals surface area contributed by atoms with Gasteiger partial charge in [-0.3, -0.25) is 14.8 Å². The number of rotatable bonds is 5. The number of methoxy groups -OCH3 is 1. The van der Waals surface area contributed by atoms with E-state index in [0.717, 1.165) is 33.4 Å². The lowest BCUT2D eigenvalue weighted by Gasteiger charge is -2.19. The fourth-order valence-corrected chi connectivity index (χ4v) is 5.20. The van der Waals surface area contributed by atoms with Crippen LogP contribution in [0.5, 0.6) is 0 Å². The van der Waals surface area contributed by atoms with E-state index in [-0.39, 0.29) is 12.0 Å². The molecule has 0 radical (unpaired) electrons. The Morgan fingerprint density at radius 2 is 2.18 bits per heavy atom. The van der Waals surface area contributed by atoms with Crippen LogP contribution in [-0.4, -0.2) is 57.1 Å². The number of ether oxygens (including phenoxy) is 1. The summed E-state index contributed by atoms with van der Waals surface area (Å²) in [6.07, 6.45) is 4.24. The zero-order valence-electron chi connectivity index (χ0n) is 18.1. The highest BCUT2D eigenvalue weighted by atomic mass is 35.5. The van der Waals surface area contributed by atoms with Gasteiger partial charge in [-0.25, -0.2) is 9.97 Å². The maximum absolute atomic E-state index is 12.2. The maximum Gasteiger partial charge on any atom is 0.312 e. The number of hydrogen-bond acceptors (Lipinski definition) is 9. The van der Waals surface area contributed by atoms with E-state index in [9.17, 15) is 4.79 Å². The quantitative estimate of drug-likeness (QED) is 0.325. The van der Waals surface area contributed by atoms with Crippen molar-refractivity contribution in [1.82, 2.24) is 24.9 Å². The van der Waals surface area contributed by atoms with Crippen molar-refractivity contribution in [2.24, 2.45) is 11.7 Å². The van der Waals surface area contributed by atoms with E-state index in [0.29, 0.717) is 34.7 Å². The first-order chi connectivity index (χ1) is 16.0. The average molecular weight is 484 g/mol. The van der Waals surface area contributed by atoms with Gasteiger partial charge >= 0.3 is 5.97 Å². The highest BCUT2D eigenvalue weighted by molar-refractivity contribution is 7.99. The summed E-state index contributed by atoms with van der Waals surface area (Å²) >= 11 is 8.08. The predicted octanol–water partition coefficient (Wildman–Crippen LogP) is 3.20. The number of anilines is 1. The molecule has 0 amide bonds. The number of H-pyrrole nitrogens is 1. The minimum Gasteiger partial charge on any atom is -0.469 e. The normalized spacial score (nSPS) is 18.4. The minimum absolute atomic E-state index is 0.325. The molecular weight excluding hydrogens is 462 g/mol. The fourth-order valence-electron chi connectivity index (χ4n) is 4.09. The number of nitrogens with one attached hydrogen (secondary N) is 1. The standard InChI is InChI=1S/C22H22ClN7O2S/c1-3-14-18(23)17-19(27-14)28-22(33-11-7-16-15(26-8-11)5-4-6-25-16)29-20(17)30-9-12(13(24)10-30)21(31)32-2/h4-8,12-13H,3,9-10,24H2,1-2H3,(H,27,28,29)/t12-,13+/m0/s1. The van der Waals surface area contributed by atoms with Crippen LogP contribution in [0.1, 0.15) is 12.6 Å². The van der Waals surface area contributed by atoms with Gasteiger partial charge in [-0.05, 0) is 36.4 Å². The highest BCUT2D eigenvalue weighted by Crippen LogP contribution is 2.38. The Kier molecular flexibility index (Phi) is 5.81. The Hall–Kier alpha value is -2.95. The SMILES string of the molecule is CCc1[nH]c2nc(Sc3cnc4cccnc4c3)nc(N3C[C@@H](N)[C@@H](C(=O)OC)C3)c2c1Cl. The number of aromatic amines is 1. The third-order valence-electron chi connectivity index (χ3n) is 5.78. The van der Waals surface area contributed by atoms with Crippen molar-refractivity contribution in [2.45, 2.75) is 29.4 Å². The lowest BCUT2D eigenvalue weighted by molar-refractivity contribution is -0.145. The molecule has 4 aromatic rings. The van der Waals surface area contributed by atoms with Crippen molar-refractivity contribution in [3.8, 4) is 0 Å². The van der Waals surface area contributed by atoms with Gasteiger partial charge in [0.2, 0.25) is 0 Å². The first kappa shape index (κ1) is 21.9. The van der Waals surface area contributed by atoms with Crippen LogP contribution < -0.4 is 10.6 Å². The molecule has 1 saturated heterocycles. The molecule has 9 nitrogen and oxygen atoms in total. The van der Waals surface area contributed by atoms with Crippen LogP contribution in [0.3, 0.4) is 0 Å². The summed E-state index contributed by atoms with van der Waals surface area (Å²) in [7, 11) is 1.37. The van der Waals surface area contributed by atoms with Crippen molar-refractivity contribution in [3.05, 3.63) is 41.3 Å². The minimum atomic E-state index is -0.435. The van der Waals surface area contributed by atoms with E-state index in [4.69, 9.17) is 32.0 Å². The summed E-state index contributed by atoms with van der Waals surface area (Å²) in [5.74, 6) is -0.110. The zero-order chi connectivity index (χ0) is 23.1. The number of carbonyl (C=O) groups excluding carboxylic acids is 1. The van der Waals surface area contributed by atoms with Crippen LogP contribution in [-0.2, 0) is 16.0 Å². The van der Waals surface area contributed by atoms with Crippen LogP contribution in [0.4, 0.5) is 5.82 Å². The second-order valence-corrected chi connectivity index (χ2v) is 9.26. The second-order valence-electron chi connectivity index (χ2n) is 7.84. The second kappa shape index (κ2) is 8.77. The molecule has 4 aromatic heterocycles. The van der Waals surface area contributed by atoms with E-state index in [1.807, 2.05) is 30.0 Å². The Labute approximate surface area is 199 Å². The van der Waals surface area contributed by atoms with Crippen molar-refractivity contribution in [2.75, 3.05) is 25.1 Å². The molecule has 0 aliphatic carbocycles. The van der Waals surface area contributed by atoms with Gasteiger partial charge in [0.1, 0.15) is 11.5 Å². The summed E-state index contributed by atoms with van der Waals surface area (Å²) in [5, 5.41) is 1.85. The first-order valence-electron chi connectivity index (χ1n) is 10.5. The van der Waals surface area contributed by atoms with E-state index in [2.05, 4.69) is 15.0 Å². The molecule has 2 atom stereocenters. The Balaban J connectivity index is 1.57. The van der Waals surface area contributed by atoms with Crippen molar-refractivity contribution >= 4 is 57.2 Å². The van der Waals surface area contributed by atoms with E-state index < -0.39 is 5.92 Å². The molecule has 1 aliphatic heterocycles. The average Bonchev–Trinajstić information content (AvgIpc) is 3.37. The number of carbonyl (C=O) groups is 1. The Morgan fingerprint density at radius 1 is 1.33 bits per heavy atom. The Morgan fingerprint density at radius 3 is 2.97 bits per heavy atom. The summed E-state index contributed by atoms with van der Waals surface area (Å²) in [6.45, 7) is 2.88. The topological polar surface area (TPSA) is 123 Å². The number of esters is 1. The fraction of sp³-hybridized carbons (Fsp3) is 0.318. The number of aromatic nitrogens is 5. The number of hydrogen-bond donors (Lipinski definition) is 2. The molecular formula is C22H22ClN7O2S. The zero-order valence-corrected chi connectivity index (χ0v) is 19.7. The maximum atomic E-state index is 12.2. The van der Waals surface area contributed by atoms with Crippen LogP contribution in [0, 0.1) is 5.92 Å². The van der Waals surface area contributed by atoms with E-state index in [1.54, 1.807) is 12.4 Å². The van der Waals surface area contributed by atoms with Gasteiger partial charge in [-0.1, -0.05) is 18.5 Å². The van der Waals surface area contributed by atoms with Crippen LogP contribution in [0.2, 0.25) is 5.02 Å². The molecule has 1 aliphatic rings. The molecule has 0 spiro atoms. The van der Waals surface area contributed by atoms with Gasteiger partial charge in [-0.2, -0.15) is 0 Å². The van der Waals surface area contributed by atoms with Crippen molar-refractivity contribution in [1.29, 1.82) is 0 Å². The molecule has 3 N–H and O–H groups in total. The smallest absolute Gasteiger partial charge is 0.312 e. The van der Waals surface area contributed by atoms with Gasteiger partial charge in [0, 0.05) is 42.1 Å². The summed E-state index contributed by atoms with van der Waals surface area (Å²) in [5.41, 5.74) is 9.41. The summed E-state index contributed by atoms with van der Waals surface area (Å²) < 4.78 is 4.93. The number of nitrogens with zero attached hydrogens (tertiary/aromatic N) is 5. The van der Waals surface area contributed by atoms with Crippen molar-refractivity contribution < 1.29 is 9.53 Å². The van der Waals surface area contributed by atoms with E-state index in [1.165, 1.54) is 18.9 Å². The number of halogens is 1. The van der Waals surface area contributed by atoms with Crippen LogP contribution in [0.15, 0.2) is 40.6 Å². The third-order valence-corrected chi connectivity index (χ3v) is 7.02. The summed E-state index contributed by atoms with van der Waals surface area (Å²) in [4.78, 5) is 36.8. The Bertz CT molecular complexity index is 1360. The lowest BCUT2D eigenvalue weighted by Crippen LogP contribution is -2.34. The molecule has 0 saturated carbocycles.